The number of halogens is 1. The van der Waals surface area contributed by atoms with Gasteiger partial charge >= 0.3 is 0 Å². The molecule has 0 aromatic heterocycles. The Balaban J connectivity index is 1.65. The van der Waals surface area contributed by atoms with Crippen molar-refractivity contribution in [2.75, 3.05) is 10.2 Å². The monoisotopic (exact) mass is 431 g/mol. The SMILES string of the molecule is N=C(N)c1ccc2c(c1)N(Cc1ccc(C(N)=O)cc1)C(C(=O)Nc1cccc(F)c1)C2. The Morgan fingerprint density at radius 2 is 1.75 bits per heavy atom. The molecule has 162 valence electrons. The van der Waals surface area contributed by atoms with Crippen molar-refractivity contribution < 1.29 is 14.0 Å². The number of nitrogens with one attached hydrogen (secondary N) is 2. The van der Waals surface area contributed by atoms with E-state index in [0.717, 1.165) is 16.8 Å². The van der Waals surface area contributed by atoms with Crippen molar-refractivity contribution in [3.8, 4) is 0 Å². The Hall–Kier alpha value is -4.20. The zero-order valence-electron chi connectivity index (χ0n) is 17.1. The highest BCUT2D eigenvalue weighted by molar-refractivity contribution is 6.00. The van der Waals surface area contributed by atoms with Gasteiger partial charge in [0.1, 0.15) is 17.7 Å². The molecule has 4 rings (SSSR count). The van der Waals surface area contributed by atoms with E-state index in [9.17, 15) is 14.0 Å². The van der Waals surface area contributed by atoms with Crippen LogP contribution in [0.4, 0.5) is 15.8 Å². The van der Waals surface area contributed by atoms with Crippen LogP contribution < -0.4 is 21.7 Å². The molecular weight excluding hydrogens is 409 g/mol. The molecule has 0 saturated carbocycles. The molecule has 1 atom stereocenters. The van der Waals surface area contributed by atoms with Crippen LogP contribution in [0.2, 0.25) is 0 Å². The Bertz CT molecular complexity index is 1210. The van der Waals surface area contributed by atoms with Crippen molar-refractivity contribution in [2.24, 2.45) is 11.5 Å². The first-order valence-corrected chi connectivity index (χ1v) is 10.0. The predicted octanol–water partition coefficient (Wildman–Crippen LogP) is 2.78. The van der Waals surface area contributed by atoms with Gasteiger partial charge in [0.25, 0.3) is 0 Å². The number of fused-ring (bicyclic) bond motifs is 1. The normalized spacial score (nSPS) is 14.7. The maximum atomic E-state index is 13.6. The summed E-state index contributed by atoms with van der Waals surface area (Å²) < 4.78 is 13.6. The molecule has 32 heavy (non-hydrogen) atoms. The Morgan fingerprint density at radius 1 is 1.03 bits per heavy atom. The lowest BCUT2D eigenvalue weighted by molar-refractivity contribution is -0.117. The lowest BCUT2D eigenvalue weighted by Crippen LogP contribution is -2.41. The summed E-state index contributed by atoms with van der Waals surface area (Å²) in [5.74, 6) is -1.28. The predicted molar refractivity (Wildman–Crippen MR) is 121 cm³/mol. The number of nitrogens with two attached hydrogens (primary N) is 2. The number of nitrogens with zero attached hydrogens (tertiary/aromatic N) is 1. The first kappa shape index (κ1) is 21.0. The van der Waals surface area contributed by atoms with E-state index in [1.807, 2.05) is 11.0 Å². The summed E-state index contributed by atoms with van der Waals surface area (Å²) in [6, 6.07) is 17.5. The number of rotatable bonds is 6. The first-order valence-electron chi connectivity index (χ1n) is 10.0. The average molecular weight is 431 g/mol. The lowest BCUT2D eigenvalue weighted by atomic mass is 10.1. The third-order valence-corrected chi connectivity index (χ3v) is 5.48. The molecule has 6 N–H and O–H groups in total. The number of amidine groups is 1. The molecule has 0 saturated heterocycles. The Kier molecular flexibility index (Phi) is 5.59. The molecule has 1 aliphatic heterocycles. The molecule has 1 aliphatic rings. The van der Waals surface area contributed by atoms with Gasteiger partial charge in [-0.1, -0.05) is 30.3 Å². The van der Waals surface area contributed by atoms with Gasteiger partial charge in [-0.25, -0.2) is 4.39 Å². The smallest absolute Gasteiger partial charge is 0.248 e. The van der Waals surface area contributed by atoms with Crippen molar-refractivity contribution >= 4 is 29.0 Å². The minimum Gasteiger partial charge on any atom is -0.384 e. The van der Waals surface area contributed by atoms with Crippen LogP contribution in [0, 0.1) is 11.2 Å². The fourth-order valence-electron chi connectivity index (χ4n) is 3.85. The van der Waals surface area contributed by atoms with Crippen LogP contribution in [0.25, 0.3) is 0 Å². The highest BCUT2D eigenvalue weighted by atomic mass is 19.1. The molecule has 3 aromatic carbocycles. The number of carbonyl (C=O) groups excluding carboxylic acids is 2. The summed E-state index contributed by atoms with van der Waals surface area (Å²) >= 11 is 0. The van der Waals surface area contributed by atoms with Crippen LogP contribution in [0.5, 0.6) is 0 Å². The lowest BCUT2D eigenvalue weighted by Gasteiger charge is -2.27. The largest absolute Gasteiger partial charge is 0.384 e. The van der Waals surface area contributed by atoms with E-state index in [4.69, 9.17) is 16.9 Å². The molecule has 1 heterocycles. The fraction of sp³-hybridized carbons (Fsp3) is 0.125. The van der Waals surface area contributed by atoms with Gasteiger partial charge < -0.3 is 21.7 Å². The van der Waals surface area contributed by atoms with Gasteiger partial charge in [0, 0.05) is 35.5 Å². The Labute approximate surface area is 184 Å². The molecule has 0 spiro atoms. The third kappa shape index (κ3) is 4.29. The molecule has 0 fully saturated rings. The van der Waals surface area contributed by atoms with E-state index in [2.05, 4.69) is 5.32 Å². The van der Waals surface area contributed by atoms with Crippen molar-refractivity contribution in [3.63, 3.8) is 0 Å². The van der Waals surface area contributed by atoms with E-state index >= 15 is 0 Å². The second-order valence-corrected chi connectivity index (χ2v) is 7.67. The number of benzene rings is 3. The van der Waals surface area contributed by atoms with Gasteiger partial charge in [-0.15, -0.1) is 0 Å². The molecule has 0 radical (unpaired) electrons. The number of hydrogen-bond acceptors (Lipinski definition) is 4. The molecule has 0 aliphatic carbocycles. The van der Waals surface area contributed by atoms with E-state index in [-0.39, 0.29) is 11.7 Å². The van der Waals surface area contributed by atoms with Crippen molar-refractivity contribution in [2.45, 2.75) is 19.0 Å². The molecule has 2 amide bonds. The second kappa shape index (κ2) is 8.50. The molecule has 8 heteroatoms. The van der Waals surface area contributed by atoms with E-state index < -0.39 is 17.8 Å². The van der Waals surface area contributed by atoms with Gasteiger partial charge in [0.2, 0.25) is 11.8 Å². The van der Waals surface area contributed by atoms with Gasteiger partial charge in [0.15, 0.2) is 0 Å². The molecular formula is C24H22FN5O2. The molecule has 3 aromatic rings. The summed E-state index contributed by atoms with van der Waals surface area (Å²) in [4.78, 5) is 26.4. The number of nitrogen functional groups attached to an aromatic ring is 1. The maximum Gasteiger partial charge on any atom is 0.248 e. The first-order chi connectivity index (χ1) is 15.3. The van der Waals surface area contributed by atoms with Gasteiger partial charge in [0.05, 0.1) is 0 Å². The van der Waals surface area contributed by atoms with E-state index in [1.165, 1.54) is 18.2 Å². The van der Waals surface area contributed by atoms with Crippen molar-refractivity contribution in [1.82, 2.24) is 0 Å². The summed E-state index contributed by atoms with van der Waals surface area (Å²) in [7, 11) is 0. The number of primary amides is 1. The summed E-state index contributed by atoms with van der Waals surface area (Å²) in [5, 5.41) is 10.5. The van der Waals surface area contributed by atoms with Crippen LogP contribution >= 0.6 is 0 Å². The standard InChI is InChI=1S/C24H22FN5O2/c25-18-2-1-3-19(12-18)29-24(32)21-10-16-8-9-17(22(26)27)11-20(16)30(21)13-14-4-6-15(7-5-14)23(28)31/h1-9,11-12,21H,10,13H2,(H3,26,27)(H2,28,31)(H,29,32). The van der Waals surface area contributed by atoms with Crippen LogP contribution in [-0.4, -0.2) is 23.7 Å². The number of amides is 2. The average Bonchev–Trinajstić information content (AvgIpc) is 3.12. The zero-order valence-corrected chi connectivity index (χ0v) is 17.1. The highest BCUT2D eigenvalue weighted by Gasteiger charge is 2.35. The second-order valence-electron chi connectivity index (χ2n) is 7.67. The Morgan fingerprint density at radius 3 is 2.41 bits per heavy atom. The quantitative estimate of drug-likeness (QED) is 0.354. The van der Waals surface area contributed by atoms with Crippen LogP contribution in [-0.2, 0) is 17.8 Å². The maximum absolute atomic E-state index is 13.6. The minimum absolute atomic E-state index is 0.0637. The summed E-state index contributed by atoms with van der Waals surface area (Å²) in [5.41, 5.74) is 14.9. The number of carbonyl (C=O) groups is 2. The van der Waals surface area contributed by atoms with Gasteiger partial charge in [-0.3, -0.25) is 15.0 Å². The molecule has 0 bridgehead atoms. The number of hydrogen-bond donors (Lipinski definition) is 4. The number of anilines is 2. The molecule has 7 nitrogen and oxygen atoms in total. The molecule has 1 unspecified atom stereocenters. The van der Waals surface area contributed by atoms with Crippen LogP contribution in [0.1, 0.15) is 27.0 Å². The highest BCUT2D eigenvalue weighted by Crippen LogP contribution is 2.35. The van der Waals surface area contributed by atoms with Crippen LogP contribution in [0.15, 0.2) is 66.7 Å². The van der Waals surface area contributed by atoms with E-state index in [0.29, 0.717) is 29.8 Å². The van der Waals surface area contributed by atoms with Crippen molar-refractivity contribution in [3.05, 3.63) is 94.8 Å². The summed E-state index contributed by atoms with van der Waals surface area (Å²) in [6.45, 7) is 0.384. The van der Waals surface area contributed by atoms with Crippen molar-refractivity contribution in [1.29, 1.82) is 5.41 Å². The van der Waals surface area contributed by atoms with Gasteiger partial charge in [-0.05, 0) is 47.5 Å². The van der Waals surface area contributed by atoms with Crippen LogP contribution in [0.3, 0.4) is 0 Å². The zero-order chi connectivity index (χ0) is 22.8. The summed E-state index contributed by atoms with van der Waals surface area (Å²) in [6.07, 6.45) is 0.452. The van der Waals surface area contributed by atoms with Gasteiger partial charge in [-0.2, -0.15) is 0 Å². The minimum atomic E-state index is -0.550. The fourth-order valence-corrected chi connectivity index (χ4v) is 3.85. The van der Waals surface area contributed by atoms with E-state index in [1.54, 1.807) is 42.5 Å². The third-order valence-electron chi connectivity index (χ3n) is 5.48. The topological polar surface area (TPSA) is 125 Å².